The summed E-state index contributed by atoms with van der Waals surface area (Å²) in [4.78, 5) is 10.9. The number of halogens is 1. The van der Waals surface area contributed by atoms with Crippen LogP contribution in [0.4, 0.5) is 15.9 Å². The van der Waals surface area contributed by atoms with Crippen molar-refractivity contribution in [3.05, 3.63) is 47.2 Å². The maximum absolute atomic E-state index is 14.0. The fourth-order valence-corrected chi connectivity index (χ4v) is 3.92. The summed E-state index contributed by atoms with van der Waals surface area (Å²) >= 11 is 0. The molecule has 5 rings (SSSR count). The van der Waals surface area contributed by atoms with Gasteiger partial charge in [-0.3, -0.25) is 4.68 Å². The van der Waals surface area contributed by atoms with Gasteiger partial charge >= 0.3 is 0 Å². The Kier molecular flexibility index (Phi) is 3.71. The van der Waals surface area contributed by atoms with Crippen molar-refractivity contribution >= 4 is 11.5 Å². The number of aromatic nitrogens is 4. The summed E-state index contributed by atoms with van der Waals surface area (Å²) in [6.45, 7) is 2.64. The normalized spacial score (nSPS) is 19.6. The highest BCUT2D eigenvalue weighted by molar-refractivity contribution is 5.70. The number of nitrogens with zero attached hydrogens (tertiary/aromatic N) is 6. The first-order valence-electron chi connectivity index (χ1n) is 9.28. The van der Waals surface area contributed by atoms with Crippen LogP contribution >= 0.6 is 0 Å². The van der Waals surface area contributed by atoms with Gasteiger partial charge in [-0.25, -0.2) is 14.4 Å². The van der Waals surface area contributed by atoms with Crippen LogP contribution in [0.2, 0.25) is 0 Å². The monoisotopic (exact) mass is 391 g/mol. The van der Waals surface area contributed by atoms with E-state index in [0.717, 1.165) is 23.5 Å². The summed E-state index contributed by atoms with van der Waals surface area (Å²) in [6, 6.07) is 7.10. The quantitative estimate of drug-likeness (QED) is 0.586. The zero-order valence-corrected chi connectivity index (χ0v) is 15.9. The van der Waals surface area contributed by atoms with Crippen LogP contribution in [0.25, 0.3) is 11.3 Å². The molecule has 0 radical (unpaired) electrons. The van der Waals surface area contributed by atoms with Crippen LogP contribution in [0, 0.1) is 17.1 Å². The Labute approximate surface area is 166 Å². The first-order valence-corrected chi connectivity index (χ1v) is 9.28. The van der Waals surface area contributed by atoms with Gasteiger partial charge in [0.05, 0.1) is 29.2 Å². The minimum Gasteiger partial charge on any atom is -0.467 e. The summed E-state index contributed by atoms with van der Waals surface area (Å²) in [5.41, 5.74) is 9.91. The zero-order chi connectivity index (χ0) is 20.3. The van der Waals surface area contributed by atoms with Gasteiger partial charge in [0, 0.05) is 31.3 Å². The Morgan fingerprint density at radius 2 is 2.21 bits per heavy atom. The van der Waals surface area contributed by atoms with Crippen LogP contribution in [-0.4, -0.2) is 32.3 Å². The molecule has 2 aliphatic rings. The lowest BCUT2D eigenvalue weighted by atomic mass is 10.1. The van der Waals surface area contributed by atoms with Crippen LogP contribution < -0.4 is 15.4 Å². The molecule has 2 aromatic heterocycles. The summed E-state index contributed by atoms with van der Waals surface area (Å²) in [5.74, 6) is -0.0563. The number of fused-ring (bicyclic) bond motifs is 7. The number of anilines is 2. The second-order valence-corrected chi connectivity index (χ2v) is 7.32. The van der Waals surface area contributed by atoms with E-state index in [2.05, 4.69) is 26.0 Å². The smallest absolute Gasteiger partial charge is 0.258 e. The maximum Gasteiger partial charge on any atom is 0.258 e. The predicted octanol–water partition coefficient (Wildman–Crippen LogP) is 2.35. The molecule has 146 valence electrons. The standard InChI is InChI=1S/C20H18FN7O/c1-10-13-5-11(21)3-4-16(13)28-9-12(28)6-14-18(17(7-22)27(2)26-14)15-8-24-19(23)20(25-15)29-10/h3-5,8,10,12H,6,9H2,1-2H3,(H2,23,24)/t10-,12?,28?/m1/s1. The Balaban J connectivity index is 1.72. The SMILES string of the molecule is C[C@H]1Oc2nc(cnc2N)-c2c(nn(C)c2C#N)CC2CN2c2ccc(F)cc21. The molecule has 4 heterocycles. The highest BCUT2D eigenvalue weighted by Gasteiger charge is 2.39. The van der Waals surface area contributed by atoms with Crippen molar-refractivity contribution in [2.24, 2.45) is 7.05 Å². The van der Waals surface area contributed by atoms with Gasteiger partial charge in [-0.2, -0.15) is 10.4 Å². The molecule has 1 saturated heterocycles. The maximum atomic E-state index is 14.0. The van der Waals surface area contributed by atoms with Crippen molar-refractivity contribution in [2.45, 2.75) is 25.5 Å². The lowest BCUT2D eigenvalue weighted by molar-refractivity contribution is 0.218. The summed E-state index contributed by atoms with van der Waals surface area (Å²) in [5, 5.41) is 14.2. The lowest BCUT2D eigenvalue weighted by Gasteiger charge is -2.20. The Morgan fingerprint density at radius 3 is 3.00 bits per heavy atom. The Bertz CT molecular complexity index is 1180. The van der Waals surface area contributed by atoms with Crippen LogP contribution in [0.5, 0.6) is 5.88 Å². The van der Waals surface area contributed by atoms with Crippen molar-refractivity contribution in [1.29, 1.82) is 5.26 Å². The number of nitriles is 1. The van der Waals surface area contributed by atoms with Gasteiger partial charge in [0.15, 0.2) is 5.82 Å². The lowest BCUT2D eigenvalue weighted by Crippen LogP contribution is -2.13. The topological polar surface area (TPSA) is 106 Å². The van der Waals surface area contributed by atoms with Gasteiger partial charge in [0.2, 0.25) is 0 Å². The molecule has 8 nitrogen and oxygen atoms in total. The molecular weight excluding hydrogens is 373 g/mol. The second-order valence-electron chi connectivity index (χ2n) is 7.32. The van der Waals surface area contributed by atoms with Gasteiger partial charge in [0.25, 0.3) is 5.88 Å². The van der Waals surface area contributed by atoms with Crippen molar-refractivity contribution in [3.8, 4) is 23.2 Å². The number of ether oxygens (including phenoxy) is 1. The van der Waals surface area contributed by atoms with E-state index in [-0.39, 0.29) is 23.6 Å². The first kappa shape index (κ1) is 17.4. The predicted molar refractivity (Wildman–Crippen MR) is 104 cm³/mol. The number of aryl methyl sites for hydroxylation is 1. The molecule has 2 N–H and O–H groups in total. The van der Waals surface area contributed by atoms with E-state index >= 15 is 0 Å². The van der Waals surface area contributed by atoms with Gasteiger partial charge in [-0.1, -0.05) is 0 Å². The average Bonchev–Trinajstić information content (AvgIpc) is 3.37. The number of hydrogen-bond acceptors (Lipinski definition) is 7. The average molecular weight is 391 g/mol. The minimum absolute atomic E-state index is 0.129. The van der Waals surface area contributed by atoms with E-state index in [1.165, 1.54) is 18.3 Å². The van der Waals surface area contributed by atoms with Crippen LogP contribution in [-0.2, 0) is 13.5 Å². The fraction of sp³-hybridized carbons (Fsp3) is 0.300. The van der Waals surface area contributed by atoms with Crippen molar-refractivity contribution in [2.75, 3.05) is 17.2 Å². The highest BCUT2D eigenvalue weighted by atomic mass is 19.1. The van der Waals surface area contributed by atoms with E-state index in [1.807, 2.05) is 6.92 Å². The molecule has 0 saturated carbocycles. The molecule has 1 fully saturated rings. The van der Waals surface area contributed by atoms with Crippen molar-refractivity contribution < 1.29 is 9.13 Å². The van der Waals surface area contributed by atoms with E-state index in [4.69, 9.17) is 10.5 Å². The summed E-state index contributed by atoms with van der Waals surface area (Å²) < 4.78 is 21.5. The summed E-state index contributed by atoms with van der Waals surface area (Å²) in [6.07, 6.45) is 1.67. The molecule has 29 heavy (non-hydrogen) atoms. The molecule has 2 bridgehead atoms. The largest absolute Gasteiger partial charge is 0.467 e. The van der Waals surface area contributed by atoms with E-state index in [1.54, 1.807) is 17.8 Å². The number of nitrogen functional groups attached to an aromatic ring is 1. The van der Waals surface area contributed by atoms with Crippen LogP contribution in [0.3, 0.4) is 0 Å². The van der Waals surface area contributed by atoms with Crippen LogP contribution in [0.15, 0.2) is 24.4 Å². The molecule has 9 heteroatoms. The number of benzene rings is 1. The third kappa shape index (κ3) is 2.76. The first-order chi connectivity index (χ1) is 14.0. The van der Waals surface area contributed by atoms with Crippen molar-refractivity contribution in [3.63, 3.8) is 0 Å². The highest BCUT2D eigenvalue weighted by Crippen LogP contribution is 2.40. The molecule has 0 aliphatic carbocycles. The van der Waals surface area contributed by atoms with Crippen molar-refractivity contribution in [1.82, 2.24) is 19.7 Å². The number of hydrogen-bond donors (Lipinski definition) is 1. The van der Waals surface area contributed by atoms with E-state index in [0.29, 0.717) is 23.4 Å². The molecule has 1 unspecified atom stereocenters. The number of nitrogens with two attached hydrogens (primary N) is 1. The minimum atomic E-state index is -0.489. The molecule has 3 aromatic rings. The van der Waals surface area contributed by atoms with Gasteiger partial charge in [-0.05, 0) is 25.1 Å². The van der Waals surface area contributed by atoms with E-state index < -0.39 is 6.10 Å². The van der Waals surface area contributed by atoms with Gasteiger partial charge in [0.1, 0.15) is 23.7 Å². The third-order valence-corrected chi connectivity index (χ3v) is 5.42. The molecule has 0 amide bonds. The van der Waals surface area contributed by atoms with Gasteiger partial charge in [-0.15, -0.1) is 0 Å². The van der Waals surface area contributed by atoms with Gasteiger partial charge < -0.3 is 15.4 Å². The molecular formula is C20H18FN7O. The fourth-order valence-electron chi connectivity index (χ4n) is 3.92. The third-order valence-electron chi connectivity index (χ3n) is 5.42. The number of rotatable bonds is 0. The second kappa shape index (κ2) is 6.17. The summed E-state index contributed by atoms with van der Waals surface area (Å²) in [7, 11) is 1.73. The van der Waals surface area contributed by atoms with E-state index in [9.17, 15) is 9.65 Å². The zero-order valence-electron chi connectivity index (χ0n) is 15.9. The molecule has 2 aliphatic heterocycles. The van der Waals surface area contributed by atoms with Crippen LogP contribution in [0.1, 0.15) is 30.0 Å². The Morgan fingerprint density at radius 1 is 1.38 bits per heavy atom. The molecule has 2 atom stereocenters. The molecule has 1 aromatic carbocycles. The molecule has 0 spiro atoms. The Hall–Kier alpha value is -3.67.